The second-order valence-electron chi connectivity index (χ2n) is 4.42. The number of hydrogen-bond donors (Lipinski definition) is 1. The van der Waals surface area contributed by atoms with Gasteiger partial charge in [0.05, 0.1) is 10.7 Å². The molecular formula is C14H17ClN2S. The Balaban J connectivity index is 1.86. The Labute approximate surface area is 117 Å². The summed E-state index contributed by atoms with van der Waals surface area (Å²) in [7, 11) is 2.12. The molecule has 1 heterocycles. The molecule has 18 heavy (non-hydrogen) atoms. The number of nitrogens with zero attached hydrogens (tertiary/aromatic N) is 1. The van der Waals surface area contributed by atoms with Gasteiger partial charge in [0, 0.05) is 18.0 Å². The molecule has 0 amide bonds. The molecule has 2 N–H and O–H groups in total. The monoisotopic (exact) mass is 280 g/mol. The molecule has 96 valence electrons. The average molecular weight is 281 g/mol. The van der Waals surface area contributed by atoms with E-state index in [1.54, 1.807) is 0 Å². The van der Waals surface area contributed by atoms with Crippen LogP contribution in [0.2, 0.25) is 5.02 Å². The highest BCUT2D eigenvalue weighted by atomic mass is 35.5. The van der Waals surface area contributed by atoms with Gasteiger partial charge in [-0.05, 0) is 42.6 Å². The Morgan fingerprint density at radius 3 is 2.83 bits per heavy atom. The first-order valence-electron chi connectivity index (χ1n) is 5.90. The summed E-state index contributed by atoms with van der Waals surface area (Å²) < 4.78 is 0. The van der Waals surface area contributed by atoms with Crippen molar-refractivity contribution in [2.45, 2.75) is 13.0 Å². The highest BCUT2D eigenvalue weighted by Gasteiger charge is 2.03. The molecule has 4 heteroatoms. The van der Waals surface area contributed by atoms with Crippen LogP contribution in [0, 0.1) is 0 Å². The van der Waals surface area contributed by atoms with E-state index in [4.69, 9.17) is 17.3 Å². The van der Waals surface area contributed by atoms with Gasteiger partial charge in [0.2, 0.25) is 0 Å². The molecule has 0 saturated heterocycles. The number of likely N-dealkylation sites (N-methyl/N-ethyl adjacent to an activating group) is 1. The molecular weight excluding hydrogens is 264 g/mol. The molecule has 1 aromatic carbocycles. The van der Waals surface area contributed by atoms with Crippen LogP contribution in [0.3, 0.4) is 0 Å². The van der Waals surface area contributed by atoms with Crippen molar-refractivity contribution in [1.29, 1.82) is 0 Å². The lowest BCUT2D eigenvalue weighted by molar-refractivity contribution is 0.332. The molecule has 0 aliphatic carbocycles. The molecule has 0 spiro atoms. The second-order valence-corrected chi connectivity index (χ2v) is 5.86. The molecule has 2 aromatic rings. The van der Waals surface area contributed by atoms with E-state index in [-0.39, 0.29) is 0 Å². The molecule has 0 unspecified atom stereocenters. The van der Waals surface area contributed by atoms with Gasteiger partial charge in [-0.2, -0.15) is 0 Å². The summed E-state index contributed by atoms with van der Waals surface area (Å²) in [6, 6.07) is 10.1. The number of benzene rings is 1. The van der Waals surface area contributed by atoms with Gasteiger partial charge in [-0.15, -0.1) is 11.3 Å². The minimum absolute atomic E-state index is 0.638. The predicted molar refractivity (Wildman–Crippen MR) is 80.2 cm³/mol. The van der Waals surface area contributed by atoms with Gasteiger partial charge < -0.3 is 10.6 Å². The molecule has 0 bridgehead atoms. The first kappa shape index (κ1) is 13.4. The van der Waals surface area contributed by atoms with Crippen LogP contribution < -0.4 is 5.73 Å². The number of thiophene rings is 1. The lowest BCUT2D eigenvalue weighted by atomic mass is 10.2. The standard InChI is InChI=1S/C14H17ClN2S/c1-17(7-6-12-3-2-8-18-12)10-11-4-5-14(16)13(15)9-11/h2-5,8-9H,6-7,10,16H2,1H3. The van der Waals surface area contributed by atoms with Gasteiger partial charge in [-0.25, -0.2) is 0 Å². The Morgan fingerprint density at radius 2 is 2.17 bits per heavy atom. The summed E-state index contributed by atoms with van der Waals surface area (Å²) in [5.41, 5.74) is 7.54. The number of nitrogens with two attached hydrogens (primary N) is 1. The number of anilines is 1. The van der Waals surface area contributed by atoms with Crippen molar-refractivity contribution in [1.82, 2.24) is 4.90 Å². The first-order valence-corrected chi connectivity index (χ1v) is 7.16. The van der Waals surface area contributed by atoms with E-state index in [0.29, 0.717) is 10.7 Å². The van der Waals surface area contributed by atoms with Crippen LogP contribution in [0.4, 0.5) is 5.69 Å². The van der Waals surface area contributed by atoms with Crippen molar-refractivity contribution in [3.63, 3.8) is 0 Å². The van der Waals surface area contributed by atoms with E-state index in [2.05, 4.69) is 29.5 Å². The fraction of sp³-hybridized carbons (Fsp3) is 0.286. The summed E-state index contributed by atoms with van der Waals surface area (Å²) >= 11 is 7.83. The molecule has 2 rings (SSSR count). The minimum Gasteiger partial charge on any atom is -0.398 e. The molecule has 0 aliphatic heterocycles. The predicted octanol–water partition coefficient (Wildman–Crippen LogP) is 3.66. The molecule has 0 saturated carbocycles. The normalized spacial score (nSPS) is 11.1. The lowest BCUT2D eigenvalue weighted by Crippen LogP contribution is -2.20. The lowest BCUT2D eigenvalue weighted by Gasteiger charge is -2.16. The first-order chi connectivity index (χ1) is 8.65. The van der Waals surface area contributed by atoms with Gasteiger partial charge in [-0.3, -0.25) is 0 Å². The largest absolute Gasteiger partial charge is 0.398 e. The smallest absolute Gasteiger partial charge is 0.0638 e. The van der Waals surface area contributed by atoms with E-state index in [0.717, 1.165) is 19.5 Å². The van der Waals surface area contributed by atoms with Gasteiger partial charge in [0.25, 0.3) is 0 Å². The maximum Gasteiger partial charge on any atom is 0.0638 e. The molecule has 0 radical (unpaired) electrons. The van der Waals surface area contributed by atoms with Crippen molar-refractivity contribution in [2.75, 3.05) is 19.3 Å². The van der Waals surface area contributed by atoms with Gasteiger partial charge in [0.1, 0.15) is 0 Å². The number of hydrogen-bond acceptors (Lipinski definition) is 3. The maximum atomic E-state index is 6.01. The number of rotatable bonds is 5. The van der Waals surface area contributed by atoms with E-state index < -0.39 is 0 Å². The quantitative estimate of drug-likeness (QED) is 0.847. The van der Waals surface area contributed by atoms with Crippen molar-refractivity contribution in [3.8, 4) is 0 Å². The molecule has 0 atom stereocenters. The highest BCUT2D eigenvalue weighted by Crippen LogP contribution is 2.20. The van der Waals surface area contributed by atoms with Crippen molar-refractivity contribution in [2.24, 2.45) is 0 Å². The molecule has 0 fully saturated rings. The summed E-state index contributed by atoms with van der Waals surface area (Å²) in [5, 5.41) is 2.76. The van der Waals surface area contributed by atoms with Crippen molar-refractivity contribution in [3.05, 3.63) is 51.2 Å². The fourth-order valence-corrected chi connectivity index (χ4v) is 2.72. The maximum absolute atomic E-state index is 6.01. The SMILES string of the molecule is CN(CCc1cccs1)Cc1ccc(N)c(Cl)c1. The number of nitrogen functional groups attached to an aromatic ring is 1. The highest BCUT2D eigenvalue weighted by molar-refractivity contribution is 7.09. The summed E-state index contributed by atoms with van der Waals surface area (Å²) in [6.07, 6.45) is 1.09. The van der Waals surface area contributed by atoms with E-state index >= 15 is 0 Å². The Bertz CT molecular complexity index is 497. The number of halogens is 1. The molecule has 1 aromatic heterocycles. The Kier molecular flexibility index (Phi) is 4.64. The van der Waals surface area contributed by atoms with Crippen LogP contribution in [-0.2, 0) is 13.0 Å². The van der Waals surface area contributed by atoms with Gasteiger partial charge >= 0.3 is 0 Å². The van der Waals surface area contributed by atoms with Crippen LogP contribution >= 0.6 is 22.9 Å². The third-order valence-corrected chi connectivity index (χ3v) is 4.10. The summed E-state index contributed by atoms with van der Waals surface area (Å²) in [4.78, 5) is 3.72. The van der Waals surface area contributed by atoms with Gasteiger partial charge in [0.15, 0.2) is 0 Å². The van der Waals surface area contributed by atoms with E-state index in [1.807, 2.05) is 29.5 Å². The average Bonchev–Trinajstić information content (AvgIpc) is 2.84. The van der Waals surface area contributed by atoms with Crippen LogP contribution in [0.15, 0.2) is 35.7 Å². The van der Waals surface area contributed by atoms with Crippen LogP contribution in [0.1, 0.15) is 10.4 Å². The zero-order valence-corrected chi connectivity index (χ0v) is 12.0. The third-order valence-electron chi connectivity index (χ3n) is 2.84. The summed E-state index contributed by atoms with van der Waals surface area (Å²) in [6.45, 7) is 1.94. The topological polar surface area (TPSA) is 29.3 Å². The Morgan fingerprint density at radius 1 is 1.33 bits per heavy atom. The van der Waals surface area contributed by atoms with Crippen LogP contribution in [-0.4, -0.2) is 18.5 Å². The van der Waals surface area contributed by atoms with Crippen LogP contribution in [0.5, 0.6) is 0 Å². The van der Waals surface area contributed by atoms with E-state index in [1.165, 1.54) is 10.4 Å². The third kappa shape index (κ3) is 3.73. The van der Waals surface area contributed by atoms with Gasteiger partial charge in [-0.1, -0.05) is 23.7 Å². The van der Waals surface area contributed by atoms with Crippen LogP contribution in [0.25, 0.3) is 0 Å². The van der Waals surface area contributed by atoms with E-state index in [9.17, 15) is 0 Å². The Hall–Kier alpha value is -1.03. The molecule has 2 nitrogen and oxygen atoms in total. The second kappa shape index (κ2) is 6.23. The zero-order chi connectivity index (χ0) is 13.0. The fourth-order valence-electron chi connectivity index (χ4n) is 1.82. The zero-order valence-electron chi connectivity index (χ0n) is 10.4. The summed E-state index contributed by atoms with van der Waals surface area (Å²) in [5.74, 6) is 0. The minimum atomic E-state index is 0.638. The molecule has 0 aliphatic rings. The van der Waals surface area contributed by atoms with Crippen molar-refractivity contribution >= 4 is 28.6 Å². The van der Waals surface area contributed by atoms with Crippen molar-refractivity contribution < 1.29 is 0 Å².